The van der Waals surface area contributed by atoms with E-state index in [0.717, 1.165) is 11.1 Å². The zero-order valence-corrected chi connectivity index (χ0v) is 9.30. The molecule has 0 unspecified atom stereocenters. The standard InChI is InChI=1S/C12H14F2O2/c1-8-3-4-9(2)10(5-8)11(15)6-16-7-12(13)14/h3-5,12H,6-7H2,1-2H3. The van der Waals surface area contributed by atoms with Crippen LogP contribution in [0.3, 0.4) is 0 Å². The molecule has 0 radical (unpaired) electrons. The predicted molar refractivity (Wildman–Crippen MR) is 57.1 cm³/mol. The average molecular weight is 228 g/mol. The molecule has 1 aromatic carbocycles. The lowest BCUT2D eigenvalue weighted by Crippen LogP contribution is -2.14. The summed E-state index contributed by atoms with van der Waals surface area (Å²) in [5.74, 6) is -0.262. The number of hydrogen-bond acceptors (Lipinski definition) is 2. The van der Waals surface area contributed by atoms with Crippen LogP contribution in [-0.4, -0.2) is 25.4 Å². The van der Waals surface area contributed by atoms with E-state index < -0.39 is 13.0 Å². The Morgan fingerprint density at radius 2 is 2.06 bits per heavy atom. The second kappa shape index (κ2) is 5.70. The van der Waals surface area contributed by atoms with Crippen LogP contribution in [-0.2, 0) is 4.74 Å². The molecule has 0 aliphatic rings. The van der Waals surface area contributed by atoms with Crippen LogP contribution in [0.2, 0.25) is 0 Å². The molecule has 0 fully saturated rings. The number of benzene rings is 1. The molecule has 0 aliphatic carbocycles. The van der Waals surface area contributed by atoms with Gasteiger partial charge in [-0.3, -0.25) is 4.79 Å². The van der Waals surface area contributed by atoms with E-state index in [-0.39, 0.29) is 12.4 Å². The highest BCUT2D eigenvalue weighted by Gasteiger charge is 2.11. The minimum Gasteiger partial charge on any atom is -0.367 e. The Morgan fingerprint density at radius 1 is 1.38 bits per heavy atom. The fourth-order valence-corrected chi connectivity index (χ4v) is 1.35. The van der Waals surface area contributed by atoms with Gasteiger partial charge in [-0.05, 0) is 25.5 Å². The molecule has 0 bridgehead atoms. The normalized spacial score (nSPS) is 10.8. The number of Topliss-reactive ketones (excluding diaryl/α,β-unsaturated/α-hetero) is 1. The summed E-state index contributed by atoms with van der Waals surface area (Å²) in [4.78, 5) is 11.6. The maximum atomic E-state index is 11.8. The third kappa shape index (κ3) is 3.70. The molecule has 0 saturated carbocycles. The SMILES string of the molecule is Cc1ccc(C)c(C(=O)COCC(F)F)c1. The van der Waals surface area contributed by atoms with E-state index in [9.17, 15) is 13.6 Å². The van der Waals surface area contributed by atoms with Gasteiger partial charge in [0, 0.05) is 5.56 Å². The van der Waals surface area contributed by atoms with E-state index in [1.165, 1.54) is 0 Å². The van der Waals surface area contributed by atoms with Crippen LogP contribution in [0.15, 0.2) is 18.2 Å². The van der Waals surface area contributed by atoms with Gasteiger partial charge in [0.15, 0.2) is 5.78 Å². The number of alkyl halides is 2. The first-order valence-corrected chi connectivity index (χ1v) is 4.97. The number of hydrogen-bond donors (Lipinski definition) is 0. The van der Waals surface area contributed by atoms with Gasteiger partial charge in [0.2, 0.25) is 0 Å². The van der Waals surface area contributed by atoms with Crippen LogP contribution >= 0.6 is 0 Å². The molecule has 1 rings (SSSR count). The van der Waals surface area contributed by atoms with Crippen molar-refractivity contribution in [3.63, 3.8) is 0 Å². The third-order valence-corrected chi connectivity index (χ3v) is 2.17. The van der Waals surface area contributed by atoms with Crippen molar-refractivity contribution in [2.24, 2.45) is 0 Å². The molecule has 16 heavy (non-hydrogen) atoms. The smallest absolute Gasteiger partial charge is 0.261 e. The first kappa shape index (κ1) is 12.8. The fourth-order valence-electron chi connectivity index (χ4n) is 1.35. The quantitative estimate of drug-likeness (QED) is 0.724. The molecule has 0 aromatic heterocycles. The van der Waals surface area contributed by atoms with Crippen molar-refractivity contribution in [1.82, 2.24) is 0 Å². The van der Waals surface area contributed by atoms with Crippen LogP contribution in [0, 0.1) is 13.8 Å². The summed E-state index contributed by atoms with van der Waals surface area (Å²) in [5, 5.41) is 0. The van der Waals surface area contributed by atoms with Gasteiger partial charge in [0.1, 0.15) is 13.2 Å². The topological polar surface area (TPSA) is 26.3 Å². The molecular weight excluding hydrogens is 214 g/mol. The highest BCUT2D eigenvalue weighted by molar-refractivity contribution is 5.98. The highest BCUT2D eigenvalue weighted by Crippen LogP contribution is 2.11. The first-order chi connectivity index (χ1) is 7.50. The van der Waals surface area contributed by atoms with Crippen LogP contribution in [0.4, 0.5) is 8.78 Å². The van der Waals surface area contributed by atoms with Crippen molar-refractivity contribution in [2.45, 2.75) is 20.3 Å². The summed E-state index contributed by atoms with van der Waals surface area (Å²) in [6.07, 6.45) is -2.54. The number of carbonyl (C=O) groups excluding carboxylic acids is 1. The largest absolute Gasteiger partial charge is 0.367 e. The number of ketones is 1. The Kier molecular flexibility index (Phi) is 4.55. The highest BCUT2D eigenvalue weighted by atomic mass is 19.3. The second-order valence-corrected chi connectivity index (χ2v) is 3.65. The van der Waals surface area contributed by atoms with Crippen molar-refractivity contribution < 1.29 is 18.3 Å². The van der Waals surface area contributed by atoms with Gasteiger partial charge >= 0.3 is 0 Å². The van der Waals surface area contributed by atoms with Crippen molar-refractivity contribution >= 4 is 5.78 Å². The van der Waals surface area contributed by atoms with Gasteiger partial charge in [-0.2, -0.15) is 0 Å². The number of halogens is 2. The lowest BCUT2D eigenvalue weighted by molar-refractivity contribution is 0.0196. The molecule has 0 atom stereocenters. The van der Waals surface area contributed by atoms with Gasteiger partial charge < -0.3 is 4.74 Å². The van der Waals surface area contributed by atoms with E-state index in [1.54, 1.807) is 13.0 Å². The summed E-state index contributed by atoms with van der Waals surface area (Å²) in [6, 6.07) is 5.46. The Morgan fingerprint density at radius 3 is 2.69 bits per heavy atom. The number of carbonyl (C=O) groups is 1. The molecule has 0 spiro atoms. The van der Waals surface area contributed by atoms with E-state index >= 15 is 0 Å². The predicted octanol–water partition coefficient (Wildman–Crippen LogP) is 2.77. The Bertz CT molecular complexity index is 375. The van der Waals surface area contributed by atoms with Crippen molar-refractivity contribution in [1.29, 1.82) is 0 Å². The lowest BCUT2D eigenvalue weighted by atomic mass is 10.0. The molecule has 88 valence electrons. The Balaban J connectivity index is 2.62. The molecular formula is C12H14F2O2. The minimum atomic E-state index is -2.54. The second-order valence-electron chi connectivity index (χ2n) is 3.65. The van der Waals surface area contributed by atoms with Gasteiger partial charge in [-0.15, -0.1) is 0 Å². The third-order valence-electron chi connectivity index (χ3n) is 2.17. The first-order valence-electron chi connectivity index (χ1n) is 4.97. The summed E-state index contributed by atoms with van der Waals surface area (Å²) in [6.45, 7) is 2.68. The Labute approximate surface area is 93.2 Å². The summed E-state index contributed by atoms with van der Waals surface area (Å²) >= 11 is 0. The van der Waals surface area contributed by atoms with Crippen LogP contribution in [0.1, 0.15) is 21.5 Å². The summed E-state index contributed by atoms with van der Waals surface area (Å²) in [7, 11) is 0. The maximum Gasteiger partial charge on any atom is 0.261 e. The molecule has 0 saturated heterocycles. The van der Waals surface area contributed by atoms with Crippen molar-refractivity contribution in [2.75, 3.05) is 13.2 Å². The zero-order valence-electron chi connectivity index (χ0n) is 9.30. The summed E-state index contributed by atoms with van der Waals surface area (Å²) in [5.41, 5.74) is 2.33. The van der Waals surface area contributed by atoms with Gasteiger partial charge in [0.25, 0.3) is 6.43 Å². The Hall–Kier alpha value is -1.29. The molecule has 4 heteroatoms. The average Bonchev–Trinajstić information content (AvgIpc) is 2.21. The van der Waals surface area contributed by atoms with Crippen LogP contribution < -0.4 is 0 Å². The molecule has 2 nitrogen and oxygen atoms in total. The molecule has 0 N–H and O–H groups in total. The van der Waals surface area contributed by atoms with E-state index in [0.29, 0.717) is 5.56 Å². The van der Waals surface area contributed by atoms with Gasteiger partial charge in [-0.1, -0.05) is 17.7 Å². The monoisotopic (exact) mass is 228 g/mol. The minimum absolute atomic E-state index is 0.262. The lowest BCUT2D eigenvalue weighted by Gasteiger charge is -2.06. The molecule has 0 amide bonds. The fraction of sp³-hybridized carbons (Fsp3) is 0.417. The van der Waals surface area contributed by atoms with Crippen LogP contribution in [0.25, 0.3) is 0 Å². The number of aryl methyl sites for hydroxylation is 2. The summed E-state index contributed by atoms with van der Waals surface area (Å²) < 4.78 is 28.2. The van der Waals surface area contributed by atoms with E-state index in [2.05, 4.69) is 4.74 Å². The van der Waals surface area contributed by atoms with E-state index in [1.807, 2.05) is 19.1 Å². The number of rotatable bonds is 5. The number of ether oxygens (including phenoxy) is 1. The van der Waals surface area contributed by atoms with Crippen molar-refractivity contribution in [3.05, 3.63) is 34.9 Å². The molecule has 1 aromatic rings. The van der Waals surface area contributed by atoms with Gasteiger partial charge in [0.05, 0.1) is 0 Å². The zero-order chi connectivity index (χ0) is 12.1. The van der Waals surface area contributed by atoms with E-state index in [4.69, 9.17) is 0 Å². The van der Waals surface area contributed by atoms with Gasteiger partial charge in [-0.25, -0.2) is 8.78 Å². The van der Waals surface area contributed by atoms with Crippen LogP contribution in [0.5, 0.6) is 0 Å². The molecule has 0 aliphatic heterocycles. The molecule has 0 heterocycles. The maximum absolute atomic E-state index is 11.8. The van der Waals surface area contributed by atoms with Crippen molar-refractivity contribution in [3.8, 4) is 0 Å².